The van der Waals surface area contributed by atoms with Gasteiger partial charge in [-0.05, 0) is 12.8 Å². The van der Waals surface area contributed by atoms with Gasteiger partial charge < -0.3 is 10.2 Å². The number of unbranched alkanes of at least 4 members (excludes halogenated alkanes) is 12. The molecule has 0 aliphatic rings. The van der Waals surface area contributed by atoms with E-state index < -0.39 is 11.9 Å². The first-order chi connectivity index (χ1) is 10.6. The minimum absolute atomic E-state index is 0.307. The maximum Gasteiger partial charge on any atom is 0.381 e. The highest BCUT2D eigenvalue weighted by Crippen LogP contribution is 2.12. The molecular formula is C18H30O4. The average Bonchev–Trinajstić information content (AvgIpc) is 2.46. The quantitative estimate of drug-likeness (QED) is 0.362. The van der Waals surface area contributed by atoms with Crippen molar-refractivity contribution in [2.75, 3.05) is 0 Å². The van der Waals surface area contributed by atoms with Gasteiger partial charge in [0.1, 0.15) is 0 Å². The van der Waals surface area contributed by atoms with E-state index in [2.05, 4.69) is 11.8 Å². The fourth-order valence-corrected chi connectivity index (χ4v) is 2.40. The number of carboxylic acids is 2. The van der Waals surface area contributed by atoms with E-state index in [-0.39, 0.29) is 0 Å². The summed E-state index contributed by atoms with van der Waals surface area (Å²) in [5.41, 5.74) is 0. The van der Waals surface area contributed by atoms with Crippen LogP contribution in [0.15, 0.2) is 0 Å². The molecule has 22 heavy (non-hydrogen) atoms. The van der Waals surface area contributed by atoms with Crippen molar-refractivity contribution in [2.24, 2.45) is 0 Å². The van der Waals surface area contributed by atoms with Gasteiger partial charge in [0.25, 0.3) is 0 Å². The van der Waals surface area contributed by atoms with E-state index in [0.29, 0.717) is 12.8 Å². The summed E-state index contributed by atoms with van der Waals surface area (Å²) in [6, 6.07) is 0. The van der Waals surface area contributed by atoms with Crippen molar-refractivity contribution in [3.63, 3.8) is 0 Å². The molecule has 4 nitrogen and oxygen atoms in total. The summed E-state index contributed by atoms with van der Waals surface area (Å²) in [5.74, 6) is 3.05. The van der Waals surface area contributed by atoms with Gasteiger partial charge in [-0.25, -0.2) is 4.79 Å². The number of hydrogen-bond acceptors (Lipinski definition) is 2. The second kappa shape index (κ2) is 15.9. The van der Waals surface area contributed by atoms with Gasteiger partial charge >= 0.3 is 11.9 Å². The van der Waals surface area contributed by atoms with Crippen LogP contribution in [0.3, 0.4) is 0 Å². The minimum Gasteiger partial charge on any atom is -0.481 e. The Kier molecular flexibility index (Phi) is 14.8. The standard InChI is InChI=1S/C18H30O4/c19-17(20)15-13-11-9-7-5-3-1-2-4-6-8-10-12-14-16-18(21)22/h1-13,15H2,(H,19,20)(H,21,22). The van der Waals surface area contributed by atoms with Crippen molar-refractivity contribution < 1.29 is 19.8 Å². The third kappa shape index (κ3) is 18.5. The second-order valence-corrected chi connectivity index (χ2v) is 5.74. The van der Waals surface area contributed by atoms with Gasteiger partial charge in [0, 0.05) is 18.8 Å². The second-order valence-electron chi connectivity index (χ2n) is 5.74. The van der Waals surface area contributed by atoms with Crippen LogP contribution in [0.5, 0.6) is 0 Å². The Morgan fingerprint density at radius 2 is 1.05 bits per heavy atom. The van der Waals surface area contributed by atoms with Crippen LogP contribution in [0, 0.1) is 11.8 Å². The van der Waals surface area contributed by atoms with Crippen molar-refractivity contribution >= 4 is 11.9 Å². The van der Waals surface area contributed by atoms with Gasteiger partial charge in [-0.1, -0.05) is 70.1 Å². The largest absolute Gasteiger partial charge is 0.481 e. The summed E-state index contributed by atoms with van der Waals surface area (Å²) in [7, 11) is 0. The molecule has 0 fully saturated rings. The van der Waals surface area contributed by atoms with Gasteiger partial charge in [-0.3, -0.25) is 4.79 Å². The molecular weight excluding hydrogens is 280 g/mol. The molecule has 0 aromatic rings. The first kappa shape index (κ1) is 20.5. The highest BCUT2D eigenvalue weighted by atomic mass is 16.4. The minimum atomic E-state index is -1.04. The Labute approximate surface area is 134 Å². The van der Waals surface area contributed by atoms with Crippen LogP contribution in [0.1, 0.15) is 89.9 Å². The number of rotatable bonds is 14. The fraction of sp³-hybridized carbons (Fsp3) is 0.778. The third-order valence-electron chi connectivity index (χ3n) is 3.64. The fourth-order valence-electron chi connectivity index (χ4n) is 2.40. The maximum absolute atomic E-state index is 10.3. The molecule has 2 N–H and O–H groups in total. The lowest BCUT2D eigenvalue weighted by Crippen LogP contribution is -1.93. The molecule has 0 saturated carbocycles. The SMILES string of the molecule is O=C(O)C#CCCCCCCCCCCCCCCC(=O)O. The van der Waals surface area contributed by atoms with Gasteiger partial charge in [0.05, 0.1) is 0 Å². The van der Waals surface area contributed by atoms with Crippen LogP contribution in [-0.4, -0.2) is 22.2 Å². The molecule has 0 unspecified atom stereocenters. The summed E-state index contributed by atoms with van der Waals surface area (Å²) in [6.45, 7) is 0. The first-order valence-electron chi connectivity index (χ1n) is 8.56. The molecule has 126 valence electrons. The first-order valence-corrected chi connectivity index (χ1v) is 8.56. The topological polar surface area (TPSA) is 74.6 Å². The monoisotopic (exact) mass is 310 g/mol. The van der Waals surface area contributed by atoms with Crippen LogP contribution in [0.25, 0.3) is 0 Å². The van der Waals surface area contributed by atoms with E-state index in [1.165, 1.54) is 44.9 Å². The summed E-state index contributed by atoms with van der Waals surface area (Å²) >= 11 is 0. The van der Waals surface area contributed by atoms with Crippen molar-refractivity contribution in [1.82, 2.24) is 0 Å². The molecule has 0 radical (unpaired) electrons. The predicted octanol–water partition coefficient (Wildman–Crippen LogP) is 4.62. The number of hydrogen-bond donors (Lipinski definition) is 2. The van der Waals surface area contributed by atoms with Crippen LogP contribution in [0.2, 0.25) is 0 Å². The normalized spacial score (nSPS) is 10.0. The summed E-state index contributed by atoms with van der Waals surface area (Å²) < 4.78 is 0. The highest BCUT2D eigenvalue weighted by molar-refractivity contribution is 5.86. The Morgan fingerprint density at radius 1 is 0.636 bits per heavy atom. The van der Waals surface area contributed by atoms with E-state index in [1.807, 2.05) is 0 Å². The number of carboxylic acid groups (broad SMARTS) is 2. The number of carbonyl (C=O) groups is 2. The van der Waals surface area contributed by atoms with Crippen molar-refractivity contribution in [3.8, 4) is 11.8 Å². The Balaban J connectivity index is 3.07. The van der Waals surface area contributed by atoms with E-state index in [1.54, 1.807) is 0 Å². The molecule has 0 bridgehead atoms. The molecule has 0 atom stereocenters. The van der Waals surface area contributed by atoms with E-state index in [0.717, 1.165) is 32.1 Å². The van der Waals surface area contributed by atoms with Crippen molar-refractivity contribution in [3.05, 3.63) is 0 Å². The summed E-state index contributed by atoms with van der Waals surface area (Å²) in [6.07, 6.45) is 14.9. The van der Waals surface area contributed by atoms with Crippen LogP contribution in [0.4, 0.5) is 0 Å². The molecule has 4 heteroatoms. The van der Waals surface area contributed by atoms with Gasteiger partial charge in [0.15, 0.2) is 0 Å². The maximum atomic E-state index is 10.3. The van der Waals surface area contributed by atoms with Crippen molar-refractivity contribution in [2.45, 2.75) is 89.9 Å². The lowest BCUT2D eigenvalue weighted by atomic mass is 10.0. The zero-order valence-electron chi connectivity index (χ0n) is 13.6. The third-order valence-corrected chi connectivity index (χ3v) is 3.64. The highest BCUT2D eigenvalue weighted by Gasteiger charge is 1.97. The smallest absolute Gasteiger partial charge is 0.381 e. The summed E-state index contributed by atoms with van der Waals surface area (Å²) in [4.78, 5) is 20.5. The molecule has 0 aromatic heterocycles. The van der Waals surface area contributed by atoms with Gasteiger partial charge in [0.2, 0.25) is 0 Å². The van der Waals surface area contributed by atoms with Crippen molar-refractivity contribution in [1.29, 1.82) is 0 Å². The van der Waals surface area contributed by atoms with Gasteiger partial charge in [-0.15, -0.1) is 0 Å². The Bertz CT molecular complexity index is 352. The Hall–Kier alpha value is -1.50. The van der Waals surface area contributed by atoms with Gasteiger partial charge in [-0.2, -0.15) is 0 Å². The zero-order chi connectivity index (χ0) is 16.5. The zero-order valence-corrected chi connectivity index (χ0v) is 13.6. The lowest BCUT2D eigenvalue weighted by Gasteiger charge is -2.02. The molecule has 0 heterocycles. The average molecular weight is 310 g/mol. The lowest BCUT2D eigenvalue weighted by molar-refractivity contribution is -0.137. The molecule has 0 rings (SSSR count). The molecule has 0 amide bonds. The molecule has 0 spiro atoms. The van der Waals surface area contributed by atoms with Crippen LogP contribution < -0.4 is 0 Å². The Morgan fingerprint density at radius 3 is 1.45 bits per heavy atom. The van der Waals surface area contributed by atoms with E-state index >= 15 is 0 Å². The molecule has 0 aliphatic heterocycles. The van der Waals surface area contributed by atoms with Crippen LogP contribution in [-0.2, 0) is 9.59 Å². The molecule has 0 aliphatic carbocycles. The predicted molar refractivity (Wildman–Crippen MR) is 87.7 cm³/mol. The molecule has 0 aromatic carbocycles. The summed E-state index contributed by atoms with van der Waals surface area (Å²) in [5, 5.41) is 16.9. The number of aliphatic carboxylic acids is 2. The van der Waals surface area contributed by atoms with E-state index in [9.17, 15) is 9.59 Å². The van der Waals surface area contributed by atoms with E-state index in [4.69, 9.17) is 10.2 Å². The molecule has 0 saturated heterocycles. The van der Waals surface area contributed by atoms with Crippen LogP contribution >= 0.6 is 0 Å².